The molecule has 0 aliphatic carbocycles. The number of pyridine rings is 1. The summed E-state index contributed by atoms with van der Waals surface area (Å²) in [7, 11) is 0. The lowest BCUT2D eigenvalue weighted by molar-refractivity contribution is -0.133. The zero-order valence-corrected chi connectivity index (χ0v) is 17.3. The summed E-state index contributed by atoms with van der Waals surface area (Å²) < 4.78 is 0. The molecule has 2 aromatic heterocycles. The molecule has 3 aromatic rings. The van der Waals surface area contributed by atoms with Crippen LogP contribution in [0.4, 0.5) is 0 Å². The fourth-order valence-electron chi connectivity index (χ4n) is 4.01. The van der Waals surface area contributed by atoms with Crippen molar-refractivity contribution in [2.24, 2.45) is 0 Å². The second kappa shape index (κ2) is 8.61. The number of H-pyrrole nitrogens is 1. The molecule has 1 amide bonds. The molecule has 1 aromatic carbocycles. The lowest BCUT2D eigenvalue weighted by atomic mass is 9.93. The predicted molar refractivity (Wildman–Crippen MR) is 116 cm³/mol. The summed E-state index contributed by atoms with van der Waals surface area (Å²) in [6.45, 7) is 5.30. The van der Waals surface area contributed by atoms with Crippen LogP contribution in [0.25, 0.3) is 11.3 Å². The summed E-state index contributed by atoms with van der Waals surface area (Å²) >= 11 is 0. The zero-order chi connectivity index (χ0) is 21.1. The van der Waals surface area contributed by atoms with E-state index in [9.17, 15) is 9.59 Å². The molecule has 0 spiro atoms. The molecule has 6 heteroatoms. The highest BCUT2D eigenvalue weighted by molar-refractivity contribution is 5.83. The van der Waals surface area contributed by atoms with Gasteiger partial charge in [0.15, 0.2) is 0 Å². The van der Waals surface area contributed by atoms with Crippen LogP contribution in [-0.2, 0) is 4.79 Å². The lowest BCUT2D eigenvalue weighted by Crippen LogP contribution is -2.41. The van der Waals surface area contributed by atoms with Crippen molar-refractivity contribution in [3.8, 4) is 11.3 Å². The summed E-state index contributed by atoms with van der Waals surface area (Å²) in [4.78, 5) is 39.0. The van der Waals surface area contributed by atoms with E-state index in [0.29, 0.717) is 18.1 Å². The van der Waals surface area contributed by atoms with Gasteiger partial charge in [-0.3, -0.25) is 14.6 Å². The first-order valence-electron chi connectivity index (χ1n) is 10.4. The van der Waals surface area contributed by atoms with Crippen molar-refractivity contribution in [1.82, 2.24) is 19.9 Å². The number of nitrogens with zero attached hydrogens (tertiary/aromatic N) is 3. The van der Waals surface area contributed by atoms with E-state index in [4.69, 9.17) is 4.98 Å². The van der Waals surface area contributed by atoms with E-state index in [-0.39, 0.29) is 23.3 Å². The van der Waals surface area contributed by atoms with Gasteiger partial charge in [-0.1, -0.05) is 29.8 Å². The predicted octanol–water partition coefficient (Wildman–Crippen LogP) is 3.65. The van der Waals surface area contributed by atoms with Gasteiger partial charge in [0.05, 0.1) is 11.6 Å². The topological polar surface area (TPSA) is 79.0 Å². The van der Waals surface area contributed by atoms with Gasteiger partial charge >= 0.3 is 0 Å². The third-order valence-electron chi connectivity index (χ3n) is 5.80. The number of hydrogen-bond donors (Lipinski definition) is 1. The van der Waals surface area contributed by atoms with Crippen LogP contribution in [0.2, 0.25) is 0 Å². The monoisotopic (exact) mass is 402 g/mol. The van der Waals surface area contributed by atoms with E-state index in [1.807, 2.05) is 55.1 Å². The smallest absolute Gasteiger partial charge is 0.251 e. The average Bonchev–Trinajstić information content (AvgIpc) is 2.79. The van der Waals surface area contributed by atoms with Crippen LogP contribution in [0.3, 0.4) is 0 Å². The number of aryl methyl sites for hydroxylation is 1. The Bertz CT molecular complexity index is 1080. The van der Waals surface area contributed by atoms with Crippen LogP contribution in [0.1, 0.15) is 48.6 Å². The Morgan fingerprint density at radius 2 is 1.90 bits per heavy atom. The molecule has 0 radical (unpaired) electrons. The zero-order valence-electron chi connectivity index (χ0n) is 17.3. The van der Waals surface area contributed by atoms with E-state index in [0.717, 1.165) is 30.5 Å². The lowest BCUT2D eigenvalue weighted by Gasteiger charge is -2.34. The van der Waals surface area contributed by atoms with E-state index in [1.54, 1.807) is 12.4 Å². The number of amides is 1. The fourth-order valence-corrected chi connectivity index (χ4v) is 4.01. The number of hydrogen-bond acceptors (Lipinski definition) is 4. The highest BCUT2D eigenvalue weighted by atomic mass is 16.2. The van der Waals surface area contributed by atoms with Crippen LogP contribution < -0.4 is 5.56 Å². The number of benzene rings is 1. The van der Waals surface area contributed by atoms with Crippen molar-refractivity contribution in [3.05, 3.63) is 82.2 Å². The SMILES string of the molecule is Cc1ccc(C(C)C(=O)N2CCCC(c3nc(-c4ccncc4)cc(=O)[nH]3)C2)cc1. The van der Waals surface area contributed by atoms with Gasteiger partial charge in [-0.05, 0) is 44.4 Å². The highest BCUT2D eigenvalue weighted by Crippen LogP contribution is 2.28. The van der Waals surface area contributed by atoms with Crippen LogP contribution in [0.5, 0.6) is 0 Å². The van der Waals surface area contributed by atoms with Crippen LogP contribution in [-0.4, -0.2) is 38.8 Å². The molecular weight excluding hydrogens is 376 g/mol. The summed E-state index contributed by atoms with van der Waals surface area (Å²) in [5.74, 6) is 0.591. The van der Waals surface area contributed by atoms with Gasteiger partial charge in [0, 0.05) is 43.0 Å². The van der Waals surface area contributed by atoms with Crippen molar-refractivity contribution in [1.29, 1.82) is 0 Å². The van der Waals surface area contributed by atoms with Crippen molar-refractivity contribution in [3.63, 3.8) is 0 Å². The van der Waals surface area contributed by atoms with Gasteiger partial charge in [-0.25, -0.2) is 4.98 Å². The molecule has 1 aliphatic heterocycles. The van der Waals surface area contributed by atoms with Crippen molar-refractivity contribution < 1.29 is 4.79 Å². The van der Waals surface area contributed by atoms with Crippen LogP contribution >= 0.6 is 0 Å². The molecular formula is C24H26N4O2. The molecule has 6 nitrogen and oxygen atoms in total. The third-order valence-corrected chi connectivity index (χ3v) is 5.80. The molecule has 3 heterocycles. The second-order valence-corrected chi connectivity index (χ2v) is 8.01. The Morgan fingerprint density at radius 1 is 1.17 bits per heavy atom. The van der Waals surface area contributed by atoms with Crippen LogP contribution in [0, 0.1) is 6.92 Å². The Kier molecular flexibility index (Phi) is 5.74. The Balaban J connectivity index is 1.54. The van der Waals surface area contributed by atoms with E-state index >= 15 is 0 Å². The first kappa shape index (κ1) is 20.0. The molecule has 4 rings (SSSR count). The van der Waals surface area contributed by atoms with Crippen molar-refractivity contribution in [2.75, 3.05) is 13.1 Å². The van der Waals surface area contributed by atoms with Crippen molar-refractivity contribution >= 4 is 5.91 Å². The highest BCUT2D eigenvalue weighted by Gasteiger charge is 2.29. The molecule has 154 valence electrons. The summed E-state index contributed by atoms with van der Waals surface area (Å²) in [5, 5.41) is 0. The van der Waals surface area contributed by atoms with Gasteiger partial charge in [0.25, 0.3) is 5.56 Å². The number of carbonyl (C=O) groups excluding carboxylic acids is 1. The number of aromatic nitrogens is 3. The maximum atomic E-state index is 13.1. The molecule has 0 saturated carbocycles. The minimum Gasteiger partial charge on any atom is -0.341 e. The van der Waals surface area contributed by atoms with Gasteiger partial charge in [0.2, 0.25) is 5.91 Å². The quantitative estimate of drug-likeness (QED) is 0.722. The fraction of sp³-hybridized carbons (Fsp3) is 0.333. The Morgan fingerprint density at radius 3 is 2.63 bits per heavy atom. The maximum Gasteiger partial charge on any atom is 0.251 e. The summed E-state index contributed by atoms with van der Waals surface area (Å²) in [6, 6.07) is 13.3. The maximum absolute atomic E-state index is 13.1. The standard InChI is InChI=1S/C24H26N4O2/c1-16-5-7-18(8-6-16)17(2)24(30)28-13-3-4-20(15-28)23-26-21(14-22(29)27-23)19-9-11-25-12-10-19/h5-12,14,17,20H,3-4,13,15H2,1-2H3,(H,26,27,29). The molecule has 1 saturated heterocycles. The molecule has 30 heavy (non-hydrogen) atoms. The molecule has 2 atom stereocenters. The number of rotatable bonds is 4. The van der Waals surface area contributed by atoms with Gasteiger partial charge in [-0.15, -0.1) is 0 Å². The number of aromatic amines is 1. The molecule has 0 bridgehead atoms. The average molecular weight is 402 g/mol. The first-order valence-corrected chi connectivity index (χ1v) is 10.4. The van der Waals surface area contributed by atoms with Crippen LogP contribution in [0.15, 0.2) is 59.7 Å². The minimum absolute atomic E-state index is 0.0161. The Hall–Kier alpha value is -3.28. The van der Waals surface area contributed by atoms with Gasteiger partial charge < -0.3 is 9.88 Å². The Labute approximate surface area is 176 Å². The molecule has 1 fully saturated rings. The van der Waals surface area contributed by atoms with Crippen molar-refractivity contribution in [2.45, 2.75) is 38.5 Å². The summed E-state index contributed by atoms with van der Waals surface area (Å²) in [6.07, 6.45) is 5.16. The molecule has 2 unspecified atom stereocenters. The normalized spacial score (nSPS) is 17.5. The second-order valence-electron chi connectivity index (χ2n) is 8.01. The molecule has 1 aliphatic rings. The minimum atomic E-state index is -0.195. The van der Waals surface area contributed by atoms with E-state index in [2.05, 4.69) is 9.97 Å². The summed E-state index contributed by atoms with van der Waals surface area (Å²) in [5.41, 5.74) is 3.52. The number of nitrogens with one attached hydrogen (secondary N) is 1. The number of carbonyl (C=O) groups is 1. The molecule has 1 N–H and O–H groups in total. The number of likely N-dealkylation sites (tertiary alicyclic amines) is 1. The first-order chi connectivity index (χ1) is 14.5. The largest absolute Gasteiger partial charge is 0.341 e. The van der Waals surface area contributed by atoms with E-state index < -0.39 is 0 Å². The van der Waals surface area contributed by atoms with Gasteiger partial charge in [0.1, 0.15) is 5.82 Å². The third kappa shape index (κ3) is 4.32. The van der Waals surface area contributed by atoms with E-state index in [1.165, 1.54) is 11.6 Å². The van der Waals surface area contributed by atoms with Gasteiger partial charge in [-0.2, -0.15) is 0 Å². The number of piperidine rings is 1.